The summed E-state index contributed by atoms with van der Waals surface area (Å²) >= 11 is 2.81. The number of anilines is 2. The average molecular weight is 399 g/mol. The van der Waals surface area contributed by atoms with E-state index in [1.54, 1.807) is 6.20 Å². The lowest BCUT2D eigenvalue weighted by Crippen LogP contribution is -2.22. The largest absolute Gasteiger partial charge is 0.326 e. The molecule has 1 unspecified atom stereocenters. The van der Waals surface area contributed by atoms with Crippen LogP contribution in [0.1, 0.15) is 13.8 Å². The number of pyridine rings is 1. The second-order valence-corrected chi connectivity index (χ2v) is 7.98. The van der Waals surface area contributed by atoms with E-state index in [-0.39, 0.29) is 17.1 Å². The van der Waals surface area contributed by atoms with Gasteiger partial charge in [0.15, 0.2) is 5.13 Å². The Labute approximate surface area is 165 Å². The lowest BCUT2D eigenvalue weighted by molar-refractivity contribution is -0.115. The van der Waals surface area contributed by atoms with Crippen molar-refractivity contribution in [3.63, 3.8) is 0 Å². The van der Waals surface area contributed by atoms with E-state index in [4.69, 9.17) is 0 Å². The Balaban J connectivity index is 1.58. The molecule has 2 aromatic heterocycles. The Bertz CT molecular complexity index is 926. The first-order valence-electron chi connectivity index (χ1n) is 8.23. The Morgan fingerprint density at radius 2 is 1.85 bits per heavy atom. The van der Waals surface area contributed by atoms with E-state index in [0.717, 1.165) is 22.0 Å². The molecule has 138 valence electrons. The number of carbonyl (C=O) groups excluding carboxylic acids is 2. The third-order valence-corrected chi connectivity index (χ3v) is 5.39. The number of aromatic nitrogens is 2. The predicted molar refractivity (Wildman–Crippen MR) is 110 cm³/mol. The van der Waals surface area contributed by atoms with Gasteiger partial charge in [-0.2, -0.15) is 0 Å². The number of carbonyl (C=O) groups is 2. The van der Waals surface area contributed by atoms with Gasteiger partial charge in [0.2, 0.25) is 11.8 Å². The van der Waals surface area contributed by atoms with E-state index in [1.165, 1.54) is 30.0 Å². The van der Waals surface area contributed by atoms with Gasteiger partial charge in [-0.15, -0.1) is 23.1 Å². The molecule has 3 aromatic rings. The predicted octanol–water partition coefficient (Wildman–Crippen LogP) is 4.28. The first-order valence-corrected chi connectivity index (χ1v) is 9.99. The van der Waals surface area contributed by atoms with Crippen LogP contribution in [-0.4, -0.2) is 27.0 Å². The van der Waals surface area contributed by atoms with Gasteiger partial charge < -0.3 is 10.6 Å². The minimum absolute atomic E-state index is 0.114. The van der Waals surface area contributed by atoms with Crippen molar-refractivity contribution < 1.29 is 9.59 Å². The fourth-order valence-electron chi connectivity index (χ4n) is 2.25. The molecular formula is C19H18N4O2S2. The van der Waals surface area contributed by atoms with E-state index in [1.807, 2.05) is 54.8 Å². The van der Waals surface area contributed by atoms with Gasteiger partial charge in [-0.1, -0.05) is 6.07 Å². The molecule has 1 aromatic carbocycles. The molecule has 0 spiro atoms. The number of hydrogen-bond donors (Lipinski definition) is 2. The zero-order chi connectivity index (χ0) is 19.2. The zero-order valence-corrected chi connectivity index (χ0v) is 16.4. The van der Waals surface area contributed by atoms with Crippen LogP contribution < -0.4 is 10.6 Å². The number of nitrogens with one attached hydrogen (secondary N) is 2. The van der Waals surface area contributed by atoms with Crippen molar-refractivity contribution in [3.8, 4) is 11.4 Å². The Kier molecular flexibility index (Phi) is 6.20. The molecule has 6 nitrogen and oxygen atoms in total. The van der Waals surface area contributed by atoms with Gasteiger partial charge >= 0.3 is 0 Å². The van der Waals surface area contributed by atoms with Crippen LogP contribution in [0.15, 0.2) is 58.9 Å². The molecule has 1 atom stereocenters. The molecular weight excluding hydrogens is 380 g/mol. The van der Waals surface area contributed by atoms with Gasteiger partial charge in [0, 0.05) is 29.1 Å². The van der Waals surface area contributed by atoms with Crippen molar-refractivity contribution in [1.29, 1.82) is 0 Å². The number of thiazole rings is 1. The molecule has 2 heterocycles. The Morgan fingerprint density at radius 1 is 1.07 bits per heavy atom. The molecule has 0 aliphatic rings. The van der Waals surface area contributed by atoms with E-state index < -0.39 is 0 Å². The average Bonchev–Trinajstić information content (AvgIpc) is 3.12. The molecule has 3 rings (SSSR count). The van der Waals surface area contributed by atoms with Crippen LogP contribution in [-0.2, 0) is 9.59 Å². The summed E-state index contributed by atoms with van der Waals surface area (Å²) in [7, 11) is 0. The smallest absolute Gasteiger partial charge is 0.239 e. The van der Waals surface area contributed by atoms with Crippen LogP contribution in [0.3, 0.4) is 0 Å². The highest BCUT2D eigenvalue weighted by atomic mass is 32.2. The van der Waals surface area contributed by atoms with Crippen LogP contribution in [0, 0.1) is 0 Å². The van der Waals surface area contributed by atoms with E-state index in [2.05, 4.69) is 20.6 Å². The van der Waals surface area contributed by atoms with Crippen molar-refractivity contribution in [1.82, 2.24) is 9.97 Å². The summed E-state index contributed by atoms with van der Waals surface area (Å²) in [5.41, 5.74) is 2.24. The molecule has 0 saturated carbocycles. The summed E-state index contributed by atoms with van der Waals surface area (Å²) in [6, 6.07) is 13.0. The van der Waals surface area contributed by atoms with Crippen LogP contribution >= 0.6 is 23.1 Å². The van der Waals surface area contributed by atoms with Crippen LogP contribution in [0.4, 0.5) is 10.8 Å². The maximum atomic E-state index is 12.4. The molecule has 0 bridgehead atoms. The maximum Gasteiger partial charge on any atom is 0.239 e. The number of rotatable bonds is 6. The molecule has 8 heteroatoms. The highest BCUT2D eigenvalue weighted by Crippen LogP contribution is 2.27. The number of thioether (sulfide) groups is 1. The quantitative estimate of drug-likeness (QED) is 0.606. The summed E-state index contributed by atoms with van der Waals surface area (Å²) in [5.74, 6) is -0.232. The molecule has 0 aliphatic carbocycles. The van der Waals surface area contributed by atoms with Gasteiger partial charge in [-0.3, -0.25) is 14.6 Å². The topological polar surface area (TPSA) is 84.0 Å². The first-order chi connectivity index (χ1) is 13.0. The fourth-order valence-corrected chi connectivity index (χ4v) is 3.82. The summed E-state index contributed by atoms with van der Waals surface area (Å²) < 4.78 is 0. The third-order valence-electron chi connectivity index (χ3n) is 3.52. The Morgan fingerprint density at radius 3 is 2.52 bits per heavy atom. The summed E-state index contributed by atoms with van der Waals surface area (Å²) in [4.78, 5) is 33.1. The lowest BCUT2D eigenvalue weighted by Gasteiger charge is -2.11. The minimum atomic E-state index is -0.293. The maximum absolute atomic E-state index is 12.4. The highest BCUT2D eigenvalue weighted by molar-refractivity contribution is 8.00. The Hall–Kier alpha value is -2.71. The summed E-state index contributed by atoms with van der Waals surface area (Å²) in [6.07, 6.45) is 1.71. The number of hydrogen-bond acceptors (Lipinski definition) is 6. The number of nitrogens with zero attached hydrogens (tertiary/aromatic N) is 2. The van der Waals surface area contributed by atoms with Crippen molar-refractivity contribution >= 4 is 45.7 Å². The molecule has 0 fully saturated rings. The third kappa shape index (κ3) is 5.38. The number of amides is 2. The number of benzene rings is 1. The molecule has 0 radical (unpaired) electrons. The van der Waals surface area contributed by atoms with Gasteiger partial charge in [0.1, 0.15) is 5.69 Å². The SMILES string of the molecule is CC(=O)Nc1ccc(SC(C)C(=O)Nc2nc(-c3ccccn3)cs2)cc1. The molecule has 2 amide bonds. The molecule has 0 saturated heterocycles. The van der Waals surface area contributed by atoms with Crippen molar-refractivity contribution in [3.05, 3.63) is 54.0 Å². The zero-order valence-electron chi connectivity index (χ0n) is 14.8. The highest BCUT2D eigenvalue weighted by Gasteiger charge is 2.16. The van der Waals surface area contributed by atoms with E-state index in [0.29, 0.717) is 5.13 Å². The van der Waals surface area contributed by atoms with Gasteiger partial charge in [-0.25, -0.2) is 4.98 Å². The first kappa shape index (κ1) is 19.1. The van der Waals surface area contributed by atoms with E-state index >= 15 is 0 Å². The molecule has 27 heavy (non-hydrogen) atoms. The van der Waals surface area contributed by atoms with Crippen LogP contribution in [0.2, 0.25) is 0 Å². The normalized spacial score (nSPS) is 11.6. The van der Waals surface area contributed by atoms with Crippen LogP contribution in [0.25, 0.3) is 11.4 Å². The van der Waals surface area contributed by atoms with Gasteiger partial charge in [-0.05, 0) is 43.3 Å². The second kappa shape index (κ2) is 8.79. The van der Waals surface area contributed by atoms with Crippen molar-refractivity contribution in [2.75, 3.05) is 10.6 Å². The second-order valence-electron chi connectivity index (χ2n) is 5.71. The molecule has 2 N–H and O–H groups in total. The van der Waals surface area contributed by atoms with Gasteiger partial charge in [0.05, 0.1) is 10.9 Å². The van der Waals surface area contributed by atoms with Crippen molar-refractivity contribution in [2.24, 2.45) is 0 Å². The monoisotopic (exact) mass is 398 g/mol. The summed E-state index contributed by atoms with van der Waals surface area (Å²) in [6.45, 7) is 3.31. The van der Waals surface area contributed by atoms with E-state index in [9.17, 15) is 9.59 Å². The minimum Gasteiger partial charge on any atom is -0.326 e. The molecule has 0 aliphatic heterocycles. The lowest BCUT2D eigenvalue weighted by atomic mass is 10.3. The summed E-state index contributed by atoms with van der Waals surface area (Å²) in [5, 5.41) is 7.70. The van der Waals surface area contributed by atoms with Crippen molar-refractivity contribution in [2.45, 2.75) is 24.0 Å². The fraction of sp³-hybridized carbons (Fsp3) is 0.158. The standard InChI is InChI=1S/C19H18N4O2S2/c1-12(27-15-8-6-14(7-9-15)21-13(2)24)18(25)23-19-22-17(11-26-19)16-5-3-4-10-20-16/h3-12H,1-2H3,(H,21,24)(H,22,23,25). The van der Waals surface area contributed by atoms with Crippen LogP contribution in [0.5, 0.6) is 0 Å². The van der Waals surface area contributed by atoms with Gasteiger partial charge in [0.25, 0.3) is 0 Å².